The van der Waals surface area contributed by atoms with Gasteiger partial charge in [0.1, 0.15) is 0 Å². The van der Waals surface area contributed by atoms with Crippen LogP contribution in [0.5, 0.6) is 0 Å². The molecular formula is C15H17F16N. The predicted molar refractivity (Wildman–Crippen MR) is 77.7 cm³/mol. The van der Waals surface area contributed by atoms with Gasteiger partial charge in [-0.1, -0.05) is 0 Å². The van der Waals surface area contributed by atoms with Crippen molar-refractivity contribution >= 4 is 0 Å². The molecule has 0 unspecified atom stereocenters. The largest absolute Gasteiger partial charge is 0.377 e. The van der Waals surface area contributed by atoms with Gasteiger partial charge in [-0.2, -0.15) is 52.7 Å². The van der Waals surface area contributed by atoms with Crippen LogP contribution in [0.3, 0.4) is 0 Å². The molecule has 0 aromatic carbocycles. The van der Waals surface area contributed by atoms with E-state index in [2.05, 4.69) is 0 Å². The molecule has 0 fully saturated rings. The maximum Gasteiger partial charge on any atom is 0.377 e. The first-order valence-corrected chi connectivity index (χ1v) is 8.50. The molecule has 194 valence electrons. The van der Waals surface area contributed by atoms with Gasteiger partial charge in [0.05, 0.1) is 0 Å². The minimum absolute atomic E-state index is 0.735. The van der Waals surface area contributed by atoms with Crippen LogP contribution < -0.4 is 0 Å². The van der Waals surface area contributed by atoms with Crippen LogP contribution in [0.2, 0.25) is 0 Å². The summed E-state index contributed by atoms with van der Waals surface area (Å²) in [4.78, 5) is 0.749. The normalized spacial score (nSPS) is 15.4. The van der Waals surface area contributed by atoms with Crippen LogP contribution >= 0.6 is 0 Å². The van der Waals surface area contributed by atoms with Gasteiger partial charge in [-0.3, -0.25) is 0 Å². The van der Waals surface area contributed by atoms with E-state index in [1.165, 1.54) is 0 Å². The molecular weight excluding hydrogens is 498 g/mol. The van der Waals surface area contributed by atoms with Crippen molar-refractivity contribution in [3.05, 3.63) is 0 Å². The van der Waals surface area contributed by atoms with E-state index < -0.39 is 87.2 Å². The summed E-state index contributed by atoms with van der Waals surface area (Å²) in [6.45, 7) is -1.47. The Labute approximate surface area is 170 Å². The van der Waals surface area contributed by atoms with Crippen LogP contribution in [0, 0.1) is 0 Å². The van der Waals surface area contributed by atoms with Crippen LogP contribution in [0.1, 0.15) is 25.7 Å². The highest BCUT2D eigenvalue weighted by atomic mass is 19.4. The van der Waals surface area contributed by atoms with E-state index in [-0.39, 0.29) is 0 Å². The molecule has 0 radical (unpaired) electrons. The first-order valence-electron chi connectivity index (χ1n) is 8.50. The molecule has 32 heavy (non-hydrogen) atoms. The lowest BCUT2D eigenvalue weighted by Crippen LogP contribution is -2.57. The van der Waals surface area contributed by atoms with E-state index >= 15 is 0 Å². The molecule has 17 heteroatoms. The van der Waals surface area contributed by atoms with Gasteiger partial charge < -0.3 is 4.90 Å². The zero-order valence-corrected chi connectivity index (χ0v) is 15.9. The number of hydrogen-bond acceptors (Lipinski definition) is 1. The summed E-state index contributed by atoms with van der Waals surface area (Å²) < 4.78 is 204. The third-order valence-electron chi connectivity index (χ3n) is 4.37. The number of rotatable bonds is 14. The highest BCUT2D eigenvalue weighted by molar-refractivity contribution is 4.98. The van der Waals surface area contributed by atoms with Crippen molar-refractivity contribution in [1.82, 2.24) is 4.90 Å². The Morgan fingerprint density at radius 1 is 0.531 bits per heavy atom. The third kappa shape index (κ3) is 6.04. The average Bonchev–Trinajstić information content (AvgIpc) is 2.60. The summed E-state index contributed by atoms with van der Waals surface area (Å²) in [5.41, 5.74) is 0. The average molecular weight is 515 g/mol. The van der Waals surface area contributed by atoms with Crippen LogP contribution in [-0.2, 0) is 0 Å². The summed E-state index contributed by atoms with van der Waals surface area (Å²) >= 11 is 0. The fourth-order valence-corrected chi connectivity index (χ4v) is 2.33. The molecule has 0 N–H and O–H groups in total. The maximum absolute atomic E-state index is 13.3. The standard InChI is InChI=1S/C15H17F16N/c1-32(6-2-4-10(20,21)14(28,29)12(24,25)8(16)17)7-3-5-11(22,23)15(30,31)13(26,27)9(18)19/h8-9H,2-7H2,1H3. The molecule has 0 aliphatic rings. The molecule has 0 atom stereocenters. The van der Waals surface area contributed by atoms with Crippen molar-refractivity contribution in [2.45, 2.75) is 74.1 Å². The van der Waals surface area contributed by atoms with Gasteiger partial charge in [0.15, 0.2) is 0 Å². The zero-order valence-electron chi connectivity index (χ0n) is 15.9. The molecule has 0 rings (SSSR count). The molecule has 0 aliphatic heterocycles. The number of alkyl halides is 16. The molecule has 0 saturated heterocycles. The van der Waals surface area contributed by atoms with Crippen molar-refractivity contribution in [2.75, 3.05) is 20.1 Å². The first kappa shape index (κ1) is 30.8. The quantitative estimate of drug-likeness (QED) is 0.230. The van der Waals surface area contributed by atoms with Gasteiger partial charge in [-0.05, 0) is 33.0 Å². The monoisotopic (exact) mass is 515 g/mol. The van der Waals surface area contributed by atoms with Gasteiger partial charge in [0.25, 0.3) is 0 Å². The van der Waals surface area contributed by atoms with E-state index in [0.717, 1.165) is 11.9 Å². The first-order chi connectivity index (χ1) is 14.0. The van der Waals surface area contributed by atoms with Crippen molar-refractivity contribution in [2.24, 2.45) is 0 Å². The molecule has 0 spiro atoms. The Balaban J connectivity index is 4.81. The van der Waals surface area contributed by atoms with Crippen molar-refractivity contribution in [1.29, 1.82) is 0 Å². The van der Waals surface area contributed by atoms with E-state index in [1.54, 1.807) is 0 Å². The molecule has 0 aromatic rings. The molecule has 0 saturated carbocycles. The second-order valence-corrected chi connectivity index (χ2v) is 6.92. The van der Waals surface area contributed by atoms with Crippen LogP contribution in [0.25, 0.3) is 0 Å². The number of hydrogen-bond donors (Lipinski definition) is 0. The topological polar surface area (TPSA) is 3.24 Å². The summed E-state index contributed by atoms with van der Waals surface area (Å²) in [5, 5.41) is 0. The Kier molecular flexibility index (Phi) is 9.63. The fourth-order valence-electron chi connectivity index (χ4n) is 2.33. The summed E-state index contributed by atoms with van der Waals surface area (Å²) in [6, 6.07) is 0. The Hall–Kier alpha value is -1.16. The van der Waals surface area contributed by atoms with Crippen molar-refractivity contribution in [3.63, 3.8) is 0 Å². The third-order valence-corrected chi connectivity index (χ3v) is 4.37. The summed E-state index contributed by atoms with van der Waals surface area (Å²) in [6.07, 6.45) is -16.5. The van der Waals surface area contributed by atoms with Crippen molar-refractivity contribution < 1.29 is 70.2 Å². The smallest absolute Gasteiger partial charge is 0.306 e. The van der Waals surface area contributed by atoms with Gasteiger partial charge >= 0.3 is 48.4 Å². The van der Waals surface area contributed by atoms with E-state index in [9.17, 15) is 70.2 Å². The Bertz CT molecular complexity index is 538. The highest BCUT2D eigenvalue weighted by Gasteiger charge is 2.75. The van der Waals surface area contributed by atoms with E-state index in [4.69, 9.17) is 0 Å². The van der Waals surface area contributed by atoms with Crippen LogP contribution in [-0.4, -0.2) is 73.4 Å². The van der Waals surface area contributed by atoms with Crippen LogP contribution in [0.4, 0.5) is 70.2 Å². The SMILES string of the molecule is CN(CCCC(F)(F)C(F)(F)C(F)(F)C(F)F)CCCC(F)(F)C(F)(F)C(F)(F)C(F)F. The molecule has 0 amide bonds. The van der Waals surface area contributed by atoms with Crippen LogP contribution in [0.15, 0.2) is 0 Å². The Morgan fingerprint density at radius 3 is 1.00 bits per heavy atom. The maximum atomic E-state index is 13.3. The second kappa shape index (κ2) is 9.99. The minimum atomic E-state index is -6.43. The molecule has 0 aromatic heterocycles. The van der Waals surface area contributed by atoms with Gasteiger partial charge in [0, 0.05) is 12.8 Å². The summed E-state index contributed by atoms with van der Waals surface area (Å²) in [7, 11) is 0.925. The van der Waals surface area contributed by atoms with Crippen molar-refractivity contribution in [3.8, 4) is 0 Å². The fraction of sp³-hybridized carbons (Fsp3) is 1.00. The molecule has 0 heterocycles. The van der Waals surface area contributed by atoms with E-state index in [0.29, 0.717) is 0 Å². The number of halogens is 16. The lowest BCUT2D eigenvalue weighted by Gasteiger charge is -2.33. The Morgan fingerprint density at radius 2 is 0.781 bits per heavy atom. The lowest BCUT2D eigenvalue weighted by molar-refractivity contribution is -0.340. The lowest BCUT2D eigenvalue weighted by atomic mass is 9.99. The highest BCUT2D eigenvalue weighted by Crippen LogP contribution is 2.51. The van der Waals surface area contributed by atoms with Gasteiger partial charge in [-0.15, -0.1) is 0 Å². The summed E-state index contributed by atoms with van der Waals surface area (Å²) in [5.74, 6) is -36.8. The second-order valence-electron chi connectivity index (χ2n) is 6.92. The number of nitrogens with zero attached hydrogens (tertiary/aromatic N) is 1. The predicted octanol–water partition coefficient (Wildman–Crippen LogP) is 6.82. The van der Waals surface area contributed by atoms with Gasteiger partial charge in [0.2, 0.25) is 0 Å². The molecule has 0 bridgehead atoms. The molecule has 1 nitrogen and oxygen atoms in total. The van der Waals surface area contributed by atoms with E-state index in [1.807, 2.05) is 0 Å². The minimum Gasteiger partial charge on any atom is -0.306 e. The zero-order chi connectivity index (χ0) is 26.0. The molecule has 0 aliphatic carbocycles. The van der Waals surface area contributed by atoms with Gasteiger partial charge in [-0.25, -0.2) is 17.6 Å².